The minimum atomic E-state index is -0.520. The summed E-state index contributed by atoms with van der Waals surface area (Å²) >= 11 is 4.09. The van der Waals surface area contributed by atoms with Crippen molar-refractivity contribution >= 4 is 29.7 Å². The molecule has 1 aromatic heterocycles. The van der Waals surface area contributed by atoms with Crippen LogP contribution in [0.15, 0.2) is 53.1 Å². The molecule has 0 unspecified atom stereocenters. The zero-order valence-corrected chi connectivity index (χ0v) is 17.9. The number of ether oxygens (including phenoxy) is 2. The molecule has 5 nitrogen and oxygen atoms in total. The zero-order valence-electron chi connectivity index (χ0n) is 17.0. The van der Waals surface area contributed by atoms with E-state index in [1.54, 1.807) is 6.26 Å². The number of benzene rings is 2. The fraction of sp³-hybridized carbons (Fsp3) is 0.348. The molecule has 0 bridgehead atoms. The lowest BCUT2D eigenvalue weighted by molar-refractivity contribution is 0.0523. The predicted octanol–water partition coefficient (Wildman–Crippen LogP) is 5.57. The first-order chi connectivity index (χ1) is 13.9. The number of alkyl carbamates (subject to hydrolysis) is 1. The van der Waals surface area contributed by atoms with Gasteiger partial charge in [-0.2, -0.15) is 12.6 Å². The highest BCUT2D eigenvalue weighted by Gasteiger charge is 2.16. The van der Waals surface area contributed by atoms with Gasteiger partial charge in [0.05, 0.1) is 18.8 Å². The van der Waals surface area contributed by atoms with Gasteiger partial charge in [-0.25, -0.2) is 4.79 Å². The summed E-state index contributed by atoms with van der Waals surface area (Å²) in [6, 6.07) is 14.3. The molecule has 6 heteroatoms. The summed E-state index contributed by atoms with van der Waals surface area (Å²) < 4.78 is 16.4. The number of fused-ring (bicyclic) bond motifs is 1. The summed E-state index contributed by atoms with van der Waals surface area (Å²) in [7, 11) is 0. The average Bonchev–Trinajstić information content (AvgIpc) is 3.13. The van der Waals surface area contributed by atoms with Crippen LogP contribution < -0.4 is 5.32 Å². The maximum atomic E-state index is 11.9. The standard InChI is InChI=1S/C23H27NO4S/c1-23(2,3)28-22(25)24-14-17-5-4-6-18(12-17)20-13-16(7-9-26-15-29)11-19-8-10-27-21(19)20/h4-6,8,10-13,29H,7,9,14-15H2,1-3H3,(H,24,25). The molecule has 2 aromatic carbocycles. The molecule has 154 valence electrons. The zero-order chi connectivity index (χ0) is 20.9. The number of rotatable bonds is 7. The highest BCUT2D eigenvalue weighted by Crippen LogP contribution is 2.31. The molecule has 0 aliphatic rings. The summed E-state index contributed by atoms with van der Waals surface area (Å²) in [5, 5.41) is 3.86. The SMILES string of the molecule is CC(C)(C)OC(=O)NCc1cccc(-c2cc(CCOCS)cc3ccoc23)c1. The van der Waals surface area contributed by atoms with Gasteiger partial charge in [-0.05, 0) is 68.1 Å². The minimum Gasteiger partial charge on any atom is -0.464 e. The van der Waals surface area contributed by atoms with Crippen molar-refractivity contribution in [2.24, 2.45) is 0 Å². The maximum Gasteiger partial charge on any atom is 0.407 e. The van der Waals surface area contributed by atoms with E-state index in [1.165, 1.54) is 5.56 Å². The molecule has 0 aliphatic heterocycles. The van der Waals surface area contributed by atoms with E-state index < -0.39 is 11.7 Å². The lowest BCUT2D eigenvalue weighted by Crippen LogP contribution is -2.32. The van der Waals surface area contributed by atoms with Gasteiger partial charge in [0.2, 0.25) is 0 Å². The number of furan rings is 1. The first-order valence-corrected chi connectivity index (χ1v) is 10.2. The van der Waals surface area contributed by atoms with Gasteiger partial charge in [0.1, 0.15) is 11.2 Å². The molecule has 3 rings (SSSR count). The molecule has 1 heterocycles. The lowest BCUT2D eigenvalue weighted by atomic mass is 9.98. The second kappa shape index (κ2) is 9.37. The van der Waals surface area contributed by atoms with E-state index in [1.807, 2.05) is 45.0 Å². The van der Waals surface area contributed by atoms with Crippen molar-refractivity contribution in [1.82, 2.24) is 5.32 Å². The Morgan fingerprint density at radius 3 is 2.72 bits per heavy atom. The van der Waals surface area contributed by atoms with E-state index in [9.17, 15) is 4.79 Å². The monoisotopic (exact) mass is 413 g/mol. The molecule has 0 saturated carbocycles. The molecule has 1 N–H and O–H groups in total. The summed E-state index contributed by atoms with van der Waals surface area (Å²) in [6.07, 6.45) is 2.08. The van der Waals surface area contributed by atoms with E-state index >= 15 is 0 Å². The van der Waals surface area contributed by atoms with Gasteiger partial charge >= 0.3 is 6.09 Å². The van der Waals surface area contributed by atoms with Crippen LogP contribution in [0.5, 0.6) is 0 Å². The van der Waals surface area contributed by atoms with Crippen molar-refractivity contribution in [2.45, 2.75) is 39.3 Å². The number of carbonyl (C=O) groups is 1. The molecular weight excluding hydrogens is 386 g/mol. The Labute approximate surface area is 176 Å². The fourth-order valence-corrected chi connectivity index (χ4v) is 3.22. The number of carbonyl (C=O) groups excluding carboxylic acids is 1. The molecule has 0 spiro atoms. The molecule has 3 aromatic rings. The molecule has 0 fully saturated rings. The van der Waals surface area contributed by atoms with E-state index in [4.69, 9.17) is 13.9 Å². The minimum absolute atomic E-state index is 0.388. The fourth-order valence-electron chi connectivity index (χ4n) is 3.09. The Hall–Kier alpha value is -2.44. The van der Waals surface area contributed by atoms with Gasteiger partial charge in [-0.3, -0.25) is 0 Å². The summed E-state index contributed by atoms with van der Waals surface area (Å²) in [6.45, 7) is 6.54. The van der Waals surface area contributed by atoms with Crippen LogP contribution in [0.25, 0.3) is 22.1 Å². The predicted molar refractivity (Wildman–Crippen MR) is 118 cm³/mol. The van der Waals surface area contributed by atoms with Crippen LogP contribution in [0, 0.1) is 0 Å². The van der Waals surface area contributed by atoms with Crippen molar-refractivity contribution in [2.75, 3.05) is 12.5 Å². The molecule has 29 heavy (non-hydrogen) atoms. The number of hydrogen-bond acceptors (Lipinski definition) is 5. The van der Waals surface area contributed by atoms with Crippen molar-refractivity contribution in [1.29, 1.82) is 0 Å². The third-order valence-electron chi connectivity index (χ3n) is 4.31. The van der Waals surface area contributed by atoms with Crippen molar-refractivity contribution in [3.05, 3.63) is 59.9 Å². The highest BCUT2D eigenvalue weighted by molar-refractivity contribution is 7.80. The molecule has 0 saturated heterocycles. The number of hydrogen-bond donors (Lipinski definition) is 2. The number of nitrogens with one attached hydrogen (secondary N) is 1. The van der Waals surface area contributed by atoms with Gasteiger partial charge in [-0.15, -0.1) is 0 Å². The Bertz CT molecular complexity index is 974. The second-order valence-electron chi connectivity index (χ2n) is 7.83. The molecular formula is C23H27NO4S. The second-order valence-corrected chi connectivity index (χ2v) is 8.08. The van der Waals surface area contributed by atoms with Crippen molar-refractivity contribution in [3.63, 3.8) is 0 Å². The molecule has 1 amide bonds. The van der Waals surface area contributed by atoms with Gasteiger partial charge < -0.3 is 19.2 Å². The third kappa shape index (κ3) is 6.02. The molecule has 0 atom stereocenters. The van der Waals surface area contributed by atoms with Crippen LogP contribution in [0.4, 0.5) is 4.79 Å². The number of amides is 1. The van der Waals surface area contributed by atoms with E-state index in [2.05, 4.69) is 36.1 Å². The Morgan fingerprint density at radius 1 is 1.14 bits per heavy atom. The van der Waals surface area contributed by atoms with Gasteiger partial charge in [-0.1, -0.05) is 18.2 Å². The summed E-state index contributed by atoms with van der Waals surface area (Å²) in [5.41, 5.74) is 4.54. The first kappa shape index (κ1) is 21.3. The van der Waals surface area contributed by atoms with Crippen LogP contribution in [-0.4, -0.2) is 24.2 Å². The topological polar surface area (TPSA) is 60.7 Å². The largest absolute Gasteiger partial charge is 0.464 e. The quantitative estimate of drug-likeness (QED) is 0.302. The third-order valence-corrected chi connectivity index (χ3v) is 4.49. The summed E-state index contributed by atoms with van der Waals surface area (Å²) in [5.74, 6) is 0.410. The Balaban J connectivity index is 1.81. The Kier molecular flexibility index (Phi) is 6.87. The smallest absolute Gasteiger partial charge is 0.407 e. The van der Waals surface area contributed by atoms with Gasteiger partial charge in [0.25, 0.3) is 0 Å². The van der Waals surface area contributed by atoms with Crippen LogP contribution in [0.1, 0.15) is 31.9 Å². The maximum absolute atomic E-state index is 11.9. The van der Waals surface area contributed by atoms with E-state index in [-0.39, 0.29) is 0 Å². The van der Waals surface area contributed by atoms with Crippen LogP contribution in [-0.2, 0) is 22.4 Å². The van der Waals surface area contributed by atoms with Crippen LogP contribution in [0.3, 0.4) is 0 Å². The Morgan fingerprint density at radius 2 is 1.97 bits per heavy atom. The summed E-state index contributed by atoms with van der Waals surface area (Å²) in [4.78, 5) is 11.9. The molecule has 0 aliphatic carbocycles. The normalized spacial score (nSPS) is 11.6. The lowest BCUT2D eigenvalue weighted by Gasteiger charge is -2.19. The van der Waals surface area contributed by atoms with Crippen LogP contribution in [0.2, 0.25) is 0 Å². The van der Waals surface area contributed by atoms with E-state index in [0.29, 0.717) is 19.1 Å². The van der Waals surface area contributed by atoms with Gasteiger partial charge in [0.15, 0.2) is 0 Å². The van der Waals surface area contributed by atoms with Crippen molar-refractivity contribution in [3.8, 4) is 11.1 Å². The first-order valence-electron chi connectivity index (χ1n) is 9.60. The average molecular weight is 414 g/mol. The highest BCUT2D eigenvalue weighted by atomic mass is 32.1. The van der Waals surface area contributed by atoms with E-state index in [0.717, 1.165) is 34.1 Å². The van der Waals surface area contributed by atoms with Crippen LogP contribution >= 0.6 is 12.6 Å². The number of thiol groups is 1. The van der Waals surface area contributed by atoms with Crippen molar-refractivity contribution < 1.29 is 18.7 Å². The molecule has 0 radical (unpaired) electrons. The van der Waals surface area contributed by atoms with Gasteiger partial charge in [0, 0.05) is 17.5 Å².